The Hall–Kier alpha value is -4.68. The fourth-order valence-corrected chi connectivity index (χ4v) is 16.9. The lowest BCUT2D eigenvalue weighted by Crippen LogP contribution is -2.72. The second-order valence-electron chi connectivity index (χ2n) is 34.2. The van der Waals surface area contributed by atoms with Gasteiger partial charge in [0.2, 0.25) is 23.6 Å². The number of carboxylic acid groups (broad SMARTS) is 2. The lowest BCUT2D eigenvalue weighted by atomic mass is 9.88. The van der Waals surface area contributed by atoms with E-state index in [2.05, 4.69) is 35.1 Å². The maximum atomic E-state index is 14.0. The highest BCUT2D eigenvalue weighted by Gasteiger charge is 2.64. The first kappa shape index (κ1) is 111. The van der Waals surface area contributed by atoms with Gasteiger partial charge in [0.25, 0.3) is 11.6 Å². The van der Waals surface area contributed by atoms with Gasteiger partial charge in [-0.1, -0.05) is 180 Å². The molecule has 0 aromatic rings. The maximum absolute atomic E-state index is 14.0. The molecular weight excluding hydrogens is 1690 g/mol. The summed E-state index contributed by atoms with van der Waals surface area (Å²) in [7, 11) is 0. The molecule has 738 valence electrons. The van der Waals surface area contributed by atoms with Crippen LogP contribution in [0.1, 0.15) is 227 Å². The Labute approximate surface area is 740 Å². The summed E-state index contributed by atoms with van der Waals surface area (Å²) in [6.07, 6.45) is -32.2. The Kier molecular flexibility index (Phi) is 49.4. The molecule has 0 saturated carbocycles. The molecule has 43 nitrogen and oxygen atoms in total. The number of hydrogen-bond donors (Lipinski definition) is 25. The van der Waals surface area contributed by atoms with E-state index in [9.17, 15) is 136 Å². The number of aliphatic carboxylic acids is 2. The molecule has 0 aromatic heterocycles. The molecule has 0 aliphatic carbocycles. The van der Waals surface area contributed by atoms with E-state index in [1.165, 1.54) is 102 Å². The van der Waals surface area contributed by atoms with Crippen LogP contribution in [0.15, 0.2) is 12.2 Å². The number of rotatable bonds is 59. The average molecular weight is 1840 g/mol. The van der Waals surface area contributed by atoms with Crippen LogP contribution in [0.2, 0.25) is 0 Å². The van der Waals surface area contributed by atoms with Gasteiger partial charge in [0, 0.05) is 40.0 Å². The summed E-state index contributed by atoms with van der Waals surface area (Å²) in [4.78, 5) is 79.6. The molecule has 0 aromatic carbocycles. The van der Waals surface area contributed by atoms with Crippen molar-refractivity contribution < 1.29 is 193 Å². The summed E-state index contributed by atoms with van der Waals surface area (Å²) >= 11 is 0. The van der Waals surface area contributed by atoms with Gasteiger partial charge in [-0.3, -0.25) is 19.2 Å². The van der Waals surface area contributed by atoms with Crippen molar-refractivity contribution in [2.75, 3.05) is 46.2 Å². The van der Waals surface area contributed by atoms with Crippen LogP contribution in [-0.4, -0.2) is 396 Å². The minimum Gasteiger partial charge on any atom is -0.477 e. The van der Waals surface area contributed by atoms with Crippen LogP contribution in [0.25, 0.3) is 0 Å². The van der Waals surface area contributed by atoms with Gasteiger partial charge in [0.1, 0.15) is 134 Å². The first-order valence-electron chi connectivity index (χ1n) is 45.2. The van der Waals surface area contributed by atoms with Gasteiger partial charge in [-0.2, -0.15) is 0 Å². The third-order valence-corrected chi connectivity index (χ3v) is 24.1. The number of unbranched alkanes of at least 4 members (excludes halogenated alkanes) is 25. The number of allylic oxidation sites excluding steroid dienone is 1. The lowest BCUT2D eigenvalue weighted by molar-refractivity contribution is -0.405. The molecule has 25 N–H and O–H groups in total. The molecule has 127 heavy (non-hydrogen) atoms. The third kappa shape index (κ3) is 32.6. The molecule has 6 aliphatic rings. The fourth-order valence-electron chi connectivity index (χ4n) is 16.9. The van der Waals surface area contributed by atoms with Crippen molar-refractivity contribution in [3.8, 4) is 0 Å². The molecule has 0 spiro atoms. The summed E-state index contributed by atoms with van der Waals surface area (Å²) in [5.74, 6) is -14.5. The third-order valence-electron chi connectivity index (χ3n) is 24.1. The van der Waals surface area contributed by atoms with Gasteiger partial charge in [-0.05, 0) is 19.3 Å². The molecule has 0 bridgehead atoms. The molecule has 0 radical (unpaired) electrons. The summed E-state index contributed by atoms with van der Waals surface area (Å²) in [5.41, 5.74) is 0. The van der Waals surface area contributed by atoms with E-state index in [0.29, 0.717) is 12.8 Å². The minimum absolute atomic E-state index is 0.0952. The van der Waals surface area contributed by atoms with E-state index in [1.807, 2.05) is 0 Å². The topological polar surface area (TPSA) is 686 Å². The number of ether oxygens (including phenoxy) is 12. The quantitative estimate of drug-likeness (QED) is 0.0205. The average Bonchev–Trinajstić information content (AvgIpc) is 0.749. The van der Waals surface area contributed by atoms with Gasteiger partial charge < -0.3 is 185 Å². The van der Waals surface area contributed by atoms with Crippen molar-refractivity contribution in [3.63, 3.8) is 0 Å². The number of nitrogens with one attached hydrogen (secondary N) is 4. The van der Waals surface area contributed by atoms with Crippen LogP contribution in [-0.2, 0) is 85.6 Å². The SMILES string of the molecule is CCCCCCCCCCCCC/C=C/[C@@H](O)[C@H](CO[C@@H]1O[C@H](CO)[C@@H](O[C@@H]2O[C@H](CO)[C@H](O[C@@H]3O[C@H](CO)[C@H](O)[C@H](O[C@@H]4O[C@H](CO)[C@H](O)[C@H](O[C@]5(C(=O)O)C[C@H](O)[C@@H](NC(C)=O)[C@H]([C@H](O)[C@H](O)CO)O5)[C@H]4O)[C@H]3NC(C)=O)[C@H](O[C@]3(C(=O)O)C[C@H](O)[C@@H](NC(C)=O)[C@H]([C@H](O)[C@H](O)CO)O3)[C@H]2O)[C@H](O)[C@H]1O)NC(=O)CCCCCCCCCCCCCCCCC. The van der Waals surface area contributed by atoms with E-state index in [0.717, 1.165) is 85.0 Å². The number of carboxylic acids is 2. The molecule has 4 amide bonds. The van der Waals surface area contributed by atoms with Crippen molar-refractivity contribution in [2.45, 2.75) is 435 Å². The zero-order valence-corrected chi connectivity index (χ0v) is 73.5. The van der Waals surface area contributed by atoms with E-state index in [4.69, 9.17) is 56.8 Å². The molecule has 6 aliphatic heterocycles. The molecule has 43 heteroatoms. The number of aliphatic hydroxyl groups is 19. The van der Waals surface area contributed by atoms with Gasteiger partial charge >= 0.3 is 11.9 Å². The monoisotopic (exact) mass is 1840 g/mol. The van der Waals surface area contributed by atoms with Crippen LogP contribution in [0.5, 0.6) is 0 Å². The van der Waals surface area contributed by atoms with E-state index in [1.54, 1.807) is 6.08 Å². The van der Waals surface area contributed by atoms with Gasteiger partial charge in [-0.25, -0.2) is 9.59 Å². The second-order valence-corrected chi connectivity index (χ2v) is 34.2. The number of amides is 4. The van der Waals surface area contributed by atoms with Crippen molar-refractivity contribution in [1.82, 2.24) is 21.3 Å². The van der Waals surface area contributed by atoms with Gasteiger partial charge in [0.05, 0.1) is 82.7 Å². The largest absolute Gasteiger partial charge is 0.477 e. The Balaban J connectivity index is 1.30. The summed E-state index contributed by atoms with van der Waals surface area (Å²) in [6, 6.07) is -6.94. The smallest absolute Gasteiger partial charge is 0.364 e. The van der Waals surface area contributed by atoms with Crippen LogP contribution in [0, 0.1) is 0 Å². The molecule has 6 rings (SSSR count). The Morgan fingerprint density at radius 1 is 0.409 bits per heavy atom. The molecule has 0 unspecified atom stereocenters. The van der Waals surface area contributed by atoms with Crippen LogP contribution >= 0.6 is 0 Å². The Morgan fingerprint density at radius 3 is 1.20 bits per heavy atom. The van der Waals surface area contributed by atoms with Gasteiger partial charge in [-0.15, -0.1) is 0 Å². The summed E-state index contributed by atoms with van der Waals surface area (Å²) in [6.45, 7) is -0.838. The Morgan fingerprint density at radius 2 is 0.772 bits per heavy atom. The van der Waals surface area contributed by atoms with Crippen molar-refractivity contribution in [1.29, 1.82) is 0 Å². The lowest BCUT2D eigenvalue weighted by Gasteiger charge is -2.53. The highest BCUT2D eigenvalue weighted by Crippen LogP contribution is 2.43. The highest BCUT2D eigenvalue weighted by molar-refractivity contribution is 5.78. The first-order chi connectivity index (χ1) is 60.6. The van der Waals surface area contributed by atoms with Crippen molar-refractivity contribution in [3.05, 3.63) is 12.2 Å². The molecule has 34 atom stereocenters. The predicted molar refractivity (Wildman–Crippen MR) is 440 cm³/mol. The van der Waals surface area contributed by atoms with Gasteiger partial charge in [0.15, 0.2) is 25.2 Å². The standard InChI is InChI=1S/C84H148N4O39/c1-6-8-10-12-14-16-18-20-21-23-25-27-29-31-33-35-58(103)88-48(49(98)34-32-30-28-26-24-22-19-17-15-13-11-9-7-2)44-116-78-67(109)66(108)70(56(42-93)119-78)121-80-69(111)76(127-84(82(114)115)37-51(100)60(86-46(4)96)74(125-84)63(105)53(102)39-90)71(57(43-94)120-80)122-77-61(87-47(5)97)72(64(106)54(40-91)117-77)123-79-68(110)75(65(107)55(41-92)118-79)126-83(81(112)113)36-50(99)59(85-45(3)95)73(124-83)62(104)52(101)38-89/h32,34,48-57,59-80,89-94,98-102,104-111H,6-31,33,35-44H2,1-5H3,(H,85,95)(H,86,96)(H,87,97)(H,88,103)(H,112,113)(H,114,115)/b34-32+/t48-,49+,50-,51-,52+,53+,54+,55+,56+,57+,59+,60+,61+,62+,63+,64-,65-,66+,67+,68+,69+,70+,71-,72+,73+,74+,75-,76+,77-,78+,79-,80-,83-,84-/m0/s1. The van der Waals surface area contributed by atoms with E-state index < -0.39 is 302 Å². The number of carbonyl (C=O) groups is 6. The first-order valence-corrected chi connectivity index (χ1v) is 45.2. The molecule has 6 fully saturated rings. The molecule has 6 heterocycles. The number of hydrogen-bond acceptors (Lipinski definition) is 37. The second kappa shape index (κ2) is 56.5. The zero-order valence-electron chi connectivity index (χ0n) is 73.5. The minimum atomic E-state index is -3.50. The van der Waals surface area contributed by atoms with Crippen LogP contribution in [0.4, 0.5) is 0 Å². The summed E-state index contributed by atoms with van der Waals surface area (Å²) < 4.78 is 72.4. The van der Waals surface area contributed by atoms with Crippen molar-refractivity contribution >= 4 is 35.6 Å². The molecular formula is C84H148N4O39. The highest BCUT2D eigenvalue weighted by atomic mass is 16.8. The van der Waals surface area contributed by atoms with Crippen LogP contribution < -0.4 is 21.3 Å². The number of carbonyl (C=O) groups excluding carboxylic acids is 4. The number of aliphatic hydroxyl groups excluding tert-OH is 19. The van der Waals surface area contributed by atoms with E-state index in [-0.39, 0.29) is 6.42 Å². The summed E-state index contributed by atoms with van der Waals surface area (Å²) in [5, 5.41) is 247. The van der Waals surface area contributed by atoms with Crippen molar-refractivity contribution in [2.24, 2.45) is 0 Å². The Bertz CT molecular complexity index is 3200. The predicted octanol–water partition coefficient (Wildman–Crippen LogP) is -3.87. The fraction of sp³-hybridized carbons (Fsp3) is 0.905. The van der Waals surface area contributed by atoms with Crippen LogP contribution in [0.3, 0.4) is 0 Å². The normalized spacial score (nSPS) is 35.1. The van der Waals surface area contributed by atoms with E-state index >= 15 is 0 Å². The molecule has 6 saturated heterocycles. The maximum Gasteiger partial charge on any atom is 0.364 e. The zero-order chi connectivity index (χ0) is 93.8.